The standard InChI is InChI=1S/C38H32N3O7PS/c1-26(42)48-34(28-12-11-23-39-24-28)33-35(43)40(37(33)50)36(38(44)47-25-27-19-21-29(22-20-27)41(45)46)49(30-13-5-2-6-14-30,31-15-7-3-8-16-31)32-17-9-4-10-18-32/h2-24,33-34,37,50H,25H2,1H3. The minimum Gasteiger partial charge on any atom is -0.457 e. The smallest absolute Gasteiger partial charge is 0.356 e. The van der Waals surface area contributed by atoms with E-state index in [4.69, 9.17) is 22.1 Å². The third kappa shape index (κ3) is 6.57. The van der Waals surface area contributed by atoms with Gasteiger partial charge in [-0.15, -0.1) is 0 Å². The summed E-state index contributed by atoms with van der Waals surface area (Å²) in [6, 6.07) is 37.7. The Hall–Kier alpha value is -5.51. The number of hydrogen-bond acceptors (Lipinski definition) is 9. The molecule has 3 unspecified atom stereocenters. The number of amides is 1. The van der Waals surface area contributed by atoms with Crippen LogP contribution in [0.25, 0.3) is 0 Å². The first kappa shape index (κ1) is 34.4. The second-order valence-corrected chi connectivity index (χ2v) is 15.3. The van der Waals surface area contributed by atoms with Crippen LogP contribution in [0.15, 0.2) is 140 Å². The lowest BCUT2D eigenvalue weighted by molar-refractivity contribution is -0.384. The molecule has 10 nitrogen and oxygen atoms in total. The monoisotopic (exact) mass is 705 g/mol. The number of rotatable bonds is 11. The van der Waals surface area contributed by atoms with Gasteiger partial charge in [0.25, 0.3) is 5.69 Å². The van der Waals surface area contributed by atoms with Crippen molar-refractivity contribution in [2.75, 3.05) is 0 Å². The highest BCUT2D eigenvalue weighted by molar-refractivity contribution is 7.96. The topological polar surface area (TPSA) is 129 Å². The Morgan fingerprint density at radius 2 is 1.40 bits per heavy atom. The van der Waals surface area contributed by atoms with E-state index in [2.05, 4.69) is 4.98 Å². The van der Waals surface area contributed by atoms with Crippen LogP contribution in [0.2, 0.25) is 0 Å². The molecule has 6 rings (SSSR count). The number of β-lactam (4-membered cyclic amide) rings is 1. The number of nitro benzene ring substituents is 1. The molecule has 1 fully saturated rings. The molecule has 5 aromatic rings. The van der Waals surface area contributed by atoms with Gasteiger partial charge in [-0.1, -0.05) is 97.1 Å². The van der Waals surface area contributed by atoms with Crippen molar-refractivity contribution in [1.29, 1.82) is 0 Å². The Kier molecular flexibility index (Phi) is 10.3. The maximum absolute atomic E-state index is 14.8. The van der Waals surface area contributed by atoms with Crippen LogP contribution in [-0.4, -0.2) is 43.4 Å². The zero-order chi connectivity index (χ0) is 35.3. The second-order valence-electron chi connectivity index (χ2n) is 11.5. The van der Waals surface area contributed by atoms with Gasteiger partial charge in [-0.05, 0) is 39.7 Å². The van der Waals surface area contributed by atoms with Gasteiger partial charge in [0.05, 0.1) is 10.3 Å². The van der Waals surface area contributed by atoms with Crippen LogP contribution in [-0.2, 0) is 30.5 Å². The molecule has 0 saturated carbocycles. The summed E-state index contributed by atoms with van der Waals surface area (Å²) < 4.78 is 11.7. The van der Waals surface area contributed by atoms with Gasteiger partial charge in [0.15, 0.2) is 0 Å². The van der Waals surface area contributed by atoms with Gasteiger partial charge in [-0.2, -0.15) is 12.6 Å². The van der Waals surface area contributed by atoms with E-state index in [9.17, 15) is 24.5 Å². The number of benzene rings is 4. The molecule has 1 aliphatic rings. The van der Waals surface area contributed by atoms with E-state index in [1.165, 1.54) is 42.3 Å². The molecule has 0 N–H and O–H groups in total. The fourth-order valence-corrected chi connectivity index (χ4v) is 11.2. The minimum absolute atomic E-state index is 0.0945. The molecular weight excluding hydrogens is 673 g/mol. The van der Waals surface area contributed by atoms with E-state index in [1.54, 1.807) is 18.3 Å². The summed E-state index contributed by atoms with van der Waals surface area (Å²) >= 11 is 4.94. The lowest BCUT2D eigenvalue weighted by atomic mass is 9.88. The van der Waals surface area contributed by atoms with Crippen molar-refractivity contribution < 1.29 is 28.8 Å². The van der Waals surface area contributed by atoms with Crippen LogP contribution in [0.3, 0.4) is 0 Å². The Labute approximate surface area is 294 Å². The largest absolute Gasteiger partial charge is 0.457 e. The Morgan fingerprint density at radius 3 is 1.84 bits per heavy atom. The van der Waals surface area contributed by atoms with Crippen LogP contribution < -0.4 is 15.9 Å². The van der Waals surface area contributed by atoms with Gasteiger partial charge in [-0.25, -0.2) is 4.79 Å². The predicted octanol–water partition coefficient (Wildman–Crippen LogP) is 5.18. The second kappa shape index (κ2) is 14.9. The van der Waals surface area contributed by atoms with Crippen LogP contribution in [0.1, 0.15) is 24.2 Å². The highest BCUT2D eigenvalue weighted by Crippen LogP contribution is 2.51. The van der Waals surface area contributed by atoms with E-state index >= 15 is 0 Å². The fraction of sp³-hybridized carbons (Fsp3) is 0.132. The summed E-state index contributed by atoms with van der Waals surface area (Å²) in [6.45, 7) is -2.17. The highest BCUT2D eigenvalue weighted by atomic mass is 32.1. The summed E-state index contributed by atoms with van der Waals surface area (Å²) in [5, 5.41) is 12.7. The number of thiol groups is 1. The third-order valence-corrected chi connectivity index (χ3v) is 13.2. The Bertz CT molecular complexity index is 1960. The van der Waals surface area contributed by atoms with E-state index in [-0.39, 0.29) is 17.7 Å². The number of hydrogen-bond donors (Lipinski definition) is 1. The van der Waals surface area contributed by atoms with Gasteiger partial charge in [0.2, 0.25) is 5.91 Å². The summed E-state index contributed by atoms with van der Waals surface area (Å²) in [4.78, 5) is 58.0. The predicted molar refractivity (Wildman–Crippen MR) is 195 cm³/mol. The first-order chi connectivity index (χ1) is 24.2. The van der Waals surface area contributed by atoms with E-state index in [0.29, 0.717) is 11.1 Å². The van der Waals surface area contributed by atoms with Crippen LogP contribution in [0.4, 0.5) is 5.69 Å². The lowest BCUT2D eigenvalue weighted by Gasteiger charge is -2.49. The molecule has 252 valence electrons. The molecule has 0 radical (unpaired) electrons. The molecule has 3 atom stereocenters. The quantitative estimate of drug-likeness (QED) is 0.0498. The van der Waals surface area contributed by atoms with Gasteiger partial charge >= 0.3 is 11.9 Å². The molecule has 1 aromatic heterocycles. The molecule has 12 heteroatoms. The Morgan fingerprint density at radius 1 is 0.860 bits per heavy atom. The van der Waals surface area contributed by atoms with Crippen molar-refractivity contribution in [3.63, 3.8) is 0 Å². The summed E-state index contributed by atoms with van der Waals surface area (Å²) in [6.07, 6.45) is 2.09. The highest BCUT2D eigenvalue weighted by Gasteiger charge is 2.56. The summed E-state index contributed by atoms with van der Waals surface area (Å²) in [7, 11) is 0. The number of nitro groups is 1. The van der Waals surface area contributed by atoms with E-state index in [0.717, 1.165) is 15.9 Å². The number of non-ortho nitro benzene ring substituents is 1. The van der Waals surface area contributed by atoms with Gasteiger partial charge in [0, 0.05) is 43.9 Å². The minimum atomic E-state index is -3.23. The number of carbonyl (C=O) groups excluding carboxylic acids is 3. The number of nitrogens with zero attached hydrogens (tertiary/aromatic N) is 3. The first-order valence-corrected chi connectivity index (χ1v) is 18.0. The number of aromatic nitrogens is 1. The number of pyridine rings is 1. The first-order valence-electron chi connectivity index (χ1n) is 15.7. The fourth-order valence-electron chi connectivity index (χ4n) is 6.18. The van der Waals surface area contributed by atoms with Crippen molar-refractivity contribution in [2.24, 2.45) is 5.92 Å². The molecule has 1 aliphatic heterocycles. The van der Waals surface area contributed by atoms with Crippen LogP contribution in [0, 0.1) is 16.0 Å². The van der Waals surface area contributed by atoms with Gasteiger partial charge in [0.1, 0.15) is 24.0 Å². The maximum Gasteiger partial charge on any atom is 0.356 e. The molecule has 1 amide bonds. The van der Waals surface area contributed by atoms with Crippen molar-refractivity contribution in [3.05, 3.63) is 161 Å². The van der Waals surface area contributed by atoms with Crippen molar-refractivity contribution in [3.8, 4) is 0 Å². The molecule has 0 aliphatic carbocycles. The number of esters is 2. The molecule has 50 heavy (non-hydrogen) atoms. The van der Waals surface area contributed by atoms with Crippen molar-refractivity contribution in [2.45, 2.75) is 25.0 Å². The number of carbonyl (C=O) groups is 3. The molecule has 2 heterocycles. The molecule has 4 aromatic carbocycles. The average molecular weight is 706 g/mol. The maximum atomic E-state index is 14.8. The number of ether oxygens (including phenoxy) is 2. The van der Waals surface area contributed by atoms with Crippen LogP contribution in [0.5, 0.6) is 0 Å². The van der Waals surface area contributed by atoms with Crippen LogP contribution >= 0.6 is 19.5 Å². The molecule has 0 spiro atoms. The third-order valence-electron chi connectivity index (χ3n) is 8.42. The number of likely N-dealkylation sites (tertiary alicyclic amines) is 1. The zero-order valence-electron chi connectivity index (χ0n) is 26.8. The molecule has 1 saturated heterocycles. The zero-order valence-corrected chi connectivity index (χ0v) is 28.6. The average Bonchev–Trinajstić information content (AvgIpc) is 3.15. The normalized spacial score (nSPS) is 16.1. The van der Waals surface area contributed by atoms with Crippen molar-refractivity contribution >= 4 is 64.4 Å². The van der Waals surface area contributed by atoms with Gasteiger partial charge in [-0.3, -0.25) is 29.6 Å². The summed E-state index contributed by atoms with van der Waals surface area (Å²) in [5.74, 6) is -2.77. The van der Waals surface area contributed by atoms with Gasteiger partial charge < -0.3 is 9.47 Å². The van der Waals surface area contributed by atoms with E-state index < -0.39 is 47.1 Å². The SMILES string of the molecule is CC(=O)OC(c1cccnc1)C1C(=O)N(C(C(=O)OCc2ccc([N+](=O)[O-])cc2)=P(c2ccccc2)(c2ccccc2)c2ccccc2)C1S. The lowest BCUT2D eigenvalue weighted by Crippen LogP contribution is -2.65. The van der Waals surface area contributed by atoms with E-state index in [1.807, 2.05) is 91.0 Å². The van der Waals surface area contributed by atoms with Crippen molar-refractivity contribution in [1.82, 2.24) is 9.88 Å². The molecule has 0 bridgehead atoms. The molecular formula is C38H32N3O7PS. The Balaban J connectivity index is 1.58. The summed E-state index contributed by atoms with van der Waals surface area (Å²) in [5.41, 5.74) is 1.03.